The molecule has 2 nitrogen and oxygen atoms in total. The monoisotopic (exact) mass is 254 g/mol. The third-order valence-corrected chi connectivity index (χ3v) is 3.42. The highest BCUT2D eigenvalue weighted by Gasteiger charge is 2.24. The van der Waals surface area contributed by atoms with Crippen LogP contribution in [-0.2, 0) is 0 Å². The standard InChI is InChI=1S/C14H20F2N2/c1-2-7-17-9-11-6-8-18(10-11)13-5-3-4-12(15)14(13)16/h3-5,11,17H,2,6-10H2,1H3. The molecule has 1 aliphatic rings. The Kier molecular flexibility index (Phi) is 4.53. The molecule has 1 heterocycles. The lowest BCUT2D eigenvalue weighted by Crippen LogP contribution is -2.27. The van der Waals surface area contributed by atoms with E-state index in [1.807, 2.05) is 4.90 Å². The minimum absolute atomic E-state index is 0.396. The summed E-state index contributed by atoms with van der Waals surface area (Å²) in [6, 6.07) is 4.38. The van der Waals surface area contributed by atoms with Gasteiger partial charge in [-0.05, 0) is 44.0 Å². The van der Waals surface area contributed by atoms with Crippen molar-refractivity contribution in [2.24, 2.45) is 5.92 Å². The van der Waals surface area contributed by atoms with E-state index in [2.05, 4.69) is 12.2 Å². The maximum absolute atomic E-state index is 13.7. The van der Waals surface area contributed by atoms with Crippen molar-refractivity contribution in [2.75, 3.05) is 31.1 Å². The van der Waals surface area contributed by atoms with Gasteiger partial charge in [0, 0.05) is 13.1 Å². The summed E-state index contributed by atoms with van der Waals surface area (Å²) in [7, 11) is 0. The van der Waals surface area contributed by atoms with Crippen molar-refractivity contribution in [1.82, 2.24) is 5.32 Å². The van der Waals surface area contributed by atoms with Crippen LogP contribution >= 0.6 is 0 Å². The Labute approximate surface area is 107 Å². The fourth-order valence-corrected chi connectivity index (χ4v) is 2.44. The SMILES string of the molecule is CCCNCC1CCN(c2cccc(F)c2F)C1. The van der Waals surface area contributed by atoms with Gasteiger partial charge in [-0.2, -0.15) is 0 Å². The summed E-state index contributed by atoms with van der Waals surface area (Å²) in [6.07, 6.45) is 2.15. The molecule has 0 amide bonds. The first-order valence-corrected chi connectivity index (χ1v) is 6.62. The van der Waals surface area contributed by atoms with Gasteiger partial charge in [0.05, 0.1) is 5.69 Å². The van der Waals surface area contributed by atoms with Crippen LogP contribution in [0.15, 0.2) is 18.2 Å². The van der Waals surface area contributed by atoms with Crippen LogP contribution in [0.5, 0.6) is 0 Å². The van der Waals surface area contributed by atoms with Crippen molar-refractivity contribution in [2.45, 2.75) is 19.8 Å². The zero-order chi connectivity index (χ0) is 13.0. The molecule has 1 aromatic carbocycles. The second-order valence-corrected chi connectivity index (χ2v) is 4.88. The molecule has 1 atom stereocenters. The van der Waals surface area contributed by atoms with E-state index in [9.17, 15) is 8.78 Å². The van der Waals surface area contributed by atoms with Crippen LogP contribution in [0, 0.1) is 17.6 Å². The minimum Gasteiger partial charge on any atom is -0.369 e. The highest BCUT2D eigenvalue weighted by molar-refractivity contribution is 5.49. The molecule has 1 saturated heterocycles. The van der Waals surface area contributed by atoms with Crippen molar-refractivity contribution >= 4 is 5.69 Å². The van der Waals surface area contributed by atoms with Crippen molar-refractivity contribution in [1.29, 1.82) is 0 Å². The number of nitrogens with zero attached hydrogens (tertiary/aromatic N) is 1. The van der Waals surface area contributed by atoms with Crippen LogP contribution in [0.1, 0.15) is 19.8 Å². The third kappa shape index (κ3) is 2.99. The van der Waals surface area contributed by atoms with E-state index in [0.717, 1.165) is 45.1 Å². The van der Waals surface area contributed by atoms with E-state index in [1.54, 1.807) is 12.1 Å². The summed E-state index contributed by atoms with van der Waals surface area (Å²) in [5.74, 6) is -0.959. The van der Waals surface area contributed by atoms with Crippen LogP contribution < -0.4 is 10.2 Å². The van der Waals surface area contributed by atoms with Gasteiger partial charge in [0.25, 0.3) is 0 Å². The Morgan fingerprint density at radius 1 is 1.39 bits per heavy atom. The number of anilines is 1. The largest absolute Gasteiger partial charge is 0.369 e. The lowest BCUT2D eigenvalue weighted by molar-refractivity contribution is 0.503. The Morgan fingerprint density at radius 2 is 2.22 bits per heavy atom. The van der Waals surface area contributed by atoms with Crippen LogP contribution in [0.25, 0.3) is 0 Å². The highest BCUT2D eigenvalue weighted by atomic mass is 19.2. The van der Waals surface area contributed by atoms with Crippen LogP contribution in [0.2, 0.25) is 0 Å². The molecule has 4 heteroatoms. The molecule has 18 heavy (non-hydrogen) atoms. The van der Waals surface area contributed by atoms with Gasteiger partial charge in [-0.3, -0.25) is 0 Å². The minimum atomic E-state index is -0.764. The first-order chi connectivity index (χ1) is 8.72. The van der Waals surface area contributed by atoms with E-state index in [0.29, 0.717) is 11.6 Å². The van der Waals surface area contributed by atoms with Gasteiger partial charge in [-0.15, -0.1) is 0 Å². The lowest BCUT2D eigenvalue weighted by Gasteiger charge is -2.19. The summed E-state index contributed by atoms with van der Waals surface area (Å²) < 4.78 is 26.8. The predicted octanol–water partition coefficient (Wildman–Crippen LogP) is 2.79. The summed E-state index contributed by atoms with van der Waals surface area (Å²) >= 11 is 0. The van der Waals surface area contributed by atoms with Gasteiger partial charge >= 0.3 is 0 Å². The number of hydrogen-bond donors (Lipinski definition) is 1. The molecule has 1 unspecified atom stereocenters. The molecule has 0 radical (unpaired) electrons. The lowest BCUT2D eigenvalue weighted by atomic mass is 10.1. The van der Waals surface area contributed by atoms with E-state index in [4.69, 9.17) is 0 Å². The van der Waals surface area contributed by atoms with Crippen LogP contribution in [-0.4, -0.2) is 26.2 Å². The average molecular weight is 254 g/mol. The maximum atomic E-state index is 13.7. The Morgan fingerprint density at radius 3 is 3.00 bits per heavy atom. The molecule has 0 spiro atoms. The number of rotatable bonds is 5. The normalized spacial score (nSPS) is 19.5. The molecular weight excluding hydrogens is 234 g/mol. The van der Waals surface area contributed by atoms with E-state index >= 15 is 0 Å². The molecule has 1 aromatic rings. The Bertz CT molecular complexity index is 395. The molecule has 0 bridgehead atoms. The van der Waals surface area contributed by atoms with Gasteiger partial charge in [-0.25, -0.2) is 8.78 Å². The second-order valence-electron chi connectivity index (χ2n) is 4.88. The van der Waals surface area contributed by atoms with Crippen LogP contribution in [0.4, 0.5) is 14.5 Å². The fraction of sp³-hybridized carbons (Fsp3) is 0.571. The second kappa shape index (κ2) is 6.14. The smallest absolute Gasteiger partial charge is 0.182 e. The molecule has 100 valence electrons. The van der Waals surface area contributed by atoms with Gasteiger partial charge < -0.3 is 10.2 Å². The fourth-order valence-electron chi connectivity index (χ4n) is 2.44. The predicted molar refractivity (Wildman–Crippen MR) is 69.8 cm³/mol. The molecule has 0 aliphatic carbocycles. The molecule has 1 N–H and O–H groups in total. The van der Waals surface area contributed by atoms with Gasteiger partial charge in [0.2, 0.25) is 0 Å². The number of nitrogens with one attached hydrogen (secondary N) is 1. The molecule has 0 saturated carbocycles. The van der Waals surface area contributed by atoms with Crippen molar-refractivity contribution < 1.29 is 8.78 Å². The Balaban J connectivity index is 1.94. The number of halogens is 2. The zero-order valence-electron chi connectivity index (χ0n) is 10.8. The summed E-state index contributed by atoms with van der Waals surface area (Å²) in [5, 5.41) is 3.38. The van der Waals surface area contributed by atoms with E-state index in [1.165, 1.54) is 0 Å². The zero-order valence-corrected chi connectivity index (χ0v) is 10.8. The van der Waals surface area contributed by atoms with Crippen molar-refractivity contribution in [3.8, 4) is 0 Å². The topological polar surface area (TPSA) is 15.3 Å². The van der Waals surface area contributed by atoms with Gasteiger partial charge in [0.15, 0.2) is 11.6 Å². The van der Waals surface area contributed by atoms with Crippen molar-refractivity contribution in [3.63, 3.8) is 0 Å². The molecule has 1 aliphatic heterocycles. The summed E-state index contributed by atoms with van der Waals surface area (Å²) in [5.41, 5.74) is 0.396. The number of benzene rings is 1. The first kappa shape index (κ1) is 13.3. The maximum Gasteiger partial charge on any atom is 0.182 e. The van der Waals surface area contributed by atoms with Gasteiger partial charge in [0.1, 0.15) is 0 Å². The summed E-state index contributed by atoms with van der Waals surface area (Å²) in [4.78, 5) is 1.94. The van der Waals surface area contributed by atoms with Crippen LogP contribution in [0.3, 0.4) is 0 Å². The first-order valence-electron chi connectivity index (χ1n) is 6.62. The molecule has 2 rings (SSSR count). The number of hydrogen-bond acceptors (Lipinski definition) is 2. The highest BCUT2D eigenvalue weighted by Crippen LogP contribution is 2.27. The van der Waals surface area contributed by atoms with E-state index in [-0.39, 0.29) is 0 Å². The average Bonchev–Trinajstić information content (AvgIpc) is 2.82. The van der Waals surface area contributed by atoms with Gasteiger partial charge in [-0.1, -0.05) is 13.0 Å². The van der Waals surface area contributed by atoms with Crippen molar-refractivity contribution in [3.05, 3.63) is 29.8 Å². The quantitative estimate of drug-likeness (QED) is 0.813. The Hall–Kier alpha value is -1.16. The molecular formula is C14H20F2N2. The molecule has 0 aromatic heterocycles. The van der Waals surface area contributed by atoms with E-state index < -0.39 is 11.6 Å². The summed E-state index contributed by atoms with van der Waals surface area (Å²) in [6.45, 7) is 5.72. The third-order valence-electron chi connectivity index (χ3n) is 3.42. The molecule has 1 fully saturated rings.